The summed E-state index contributed by atoms with van der Waals surface area (Å²) in [6.07, 6.45) is 70.7. The van der Waals surface area contributed by atoms with Gasteiger partial charge in [-0.15, -0.1) is 0 Å². The Hall–Kier alpha value is -4.20. The number of amides is 1. The normalized spacial score (nSPS) is 19.5. The van der Waals surface area contributed by atoms with E-state index in [1.54, 1.807) is 6.08 Å². The van der Waals surface area contributed by atoms with Crippen molar-refractivity contribution in [3.05, 3.63) is 134 Å². The number of aliphatic hydroxyl groups excluding tert-OH is 5. The van der Waals surface area contributed by atoms with Crippen molar-refractivity contribution >= 4 is 11.9 Å². The molecule has 1 aliphatic rings. The molecule has 1 aliphatic heterocycles. The van der Waals surface area contributed by atoms with Crippen LogP contribution in [0.4, 0.5) is 0 Å². The molecule has 1 saturated heterocycles. The Morgan fingerprint density at radius 2 is 0.878 bits per heavy atom. The molecule has 0 spiro atoms. The smallest absolute Gasteiger partial charge is 0.306 e. The van der Waals surface area contributed by atoms with Crippen LogP contribution in [0.15, 0.2) is 134 Å². The van der Waals surface area contributed by atoms with E-state index in [0.29, 0.717) is 12.8 Å². The number of unbranched alkanes of at least 4 members (excludes halogenated alkanes) is 19. The third kappa shape index (κ3) is 44.3. The summed E-state index contributed by atoms with van der Waals surface area (Å²) in [5.41, 5.74) is 0. The van der Waals surface area contributed by atoms with Gasteiger partial charge in [-0.05, 0) is 109 Å². The molecule has 1 heterocycles. The van der Waals surface area contributed by atoms with Crippen LogP contribution in [0.5, 0.6) is 0 Å². The van der Waals surface area contributed by atoms with E-state index in [1.807, 2.05) is 18.2 Å². The summed E-state index contributed by atoms with van der Waals surface area (Å²) in [7, 11) is 0. The summed E-state index contributed by atoms with van der Waals surface area (Å²) in [6, 6.07) is -1.06. The molecule has 8 atom stereocenters. The lowest BCUT2D eigenvalue weighted by Gasteiger charge is -2.41. The fourth-order valence-corrected chi connectivity index (χ4v) is 9.24. The summed E-state index contributed by atoms with van der Waals surface area (Å²) < 4.78 is 17.6. The van der Waals surface area contributed by atoms with E-state index in [9.17, 15) is 35.1 Å². The van der Waals surface area contributed by atoms with E-state index in [4.69, 9.17) is 14.2 Å². The monoisotopic (exact) mass is 1140 g/mol. The van der Waals surface area contributed by atoms with Crippen LogP contribution in [-0.2, 0) is 23.8 Å². The van der Waals surface area contributed by atoms with E-state index in [2.05, 4.69) is 135 Å². The number of aliphatic hydroxyl groups is 5. The van der Waals surface area contributed by atoms with Crippen LogP contribution in [-0.4, -0.2) is 99.6 Å². The molecule has 0 aromatic heterocycles. The fraction of sp³-hybridized carbons (Fsp3) is 0.662. The molecular weight excluding hydrogens is 1030 g/mol. The van der Waals surface area contributed by atoms with Gasteiger partial charge in [-0.2, -0.15) is 0 Å². The van der Waals surface area contributed by atoms with Crippen LogP contribution < -0.4 is 5.32 Å². The van der Waals surface area contributed by atoms with Gasteiger partial charge in [-0.25, -0.2) is 0 Å². The molecule has 0 aliphatic carbocycles. The van der Waals surface area contributed by atoms with Gasteiger partial charge in [0.05, 0.1) is 25.4 Å². The zero-order valence-corrected chi connectivity index (χ0v) is 51.6. The second kappa shape index (κ2) is 57.2. The summed E-state index contributed by atoms with van der Waals surface area (Å²) in [5.74, 6) is -1.27. The molecule has 1 fully saturated rings. The van der Waals surface area contributed by atoms with Crippen molar-refractivity contribution < 1.29 is 49.3 Å². The first-order valence-electron chi connectivity index (χ1n) is 32.5. The number of hydrogen-bond acceptors (Lipinski definition) is 10. The van der Waals surface area contributed by atoms with Crippen LogP contribution >= 0.6 is 0 Å². The Morgan fingerprint density at radius 3 is 1.32 bits per heavy atom. The number of carbonyl (C=O) groups is 2. The highest BCUT2D eigenvalue weighted by Crippen LogP contribution is 2.26. The highest BCUT2D eigenvalue weighted by Gasteiger charge is 2.47. The van der Waals surface area contributed by atoms with Crippen LogP contribution in [0.1, 0.15) is 239 Å². The average Bonchev–Trinajstić information content (AvgIpc) is 3.56. The first-order chi connectivity index (χ1) is 40.2. The maximum Gasteiger partial charge on any atom is 0.306 e. The van der Waals surface area contributed by atoms with Crippen LogP contribution in [0, 0.1) is 0 Å². The minimum absolute atomic E-state index is 0.101. The summed E-state index contributed by atoms with van der Waals surface area (Å²) in [5, 5.41) is 57.0. The molecule has 1 amide bonds. The van der Waals surface area contributed by atoms with Crippen molar-refractivity contribution in [3.63, 3.8) is 0 Å². The predicted molar refractivity (Wildman–Crippen MR) is 342 cm³/mol. The highest BCUT2D eigenvalue weighted by molar-refractivity contribution is 5.80. The second-order valence-electron chi connectivity index (χ2n) is 21.7. The maximum atomic E-state index is 13.4. The lowest BCUT2D eigenvalue weighted by molar-refractivity contribution is -0.305. The van der Waals surface area contributed by atoms with Crippen molar-refractivity contribution in [2.45, 2.75) is 288 Å². The molecule has 6 N–H and O–H groups in total. The zero-order valence-electron chi connectivity index (χ0n) is 51.6. The van der Waals surface area contributed by atoms with Gasteiger partial charge in [0.25, 0.3) is 0 Å². The van der Waals surface area contributed by atoms with Crippen LogP contribution in [0.3, 0.4) is 0 Å². The largest absolute Gasteiger partial charge is 0.454 e. The second-order valence-corrected chi connectivity index (χ2v) is 21.7. The third-order valence-corrected chi connectivity index (χ3v) is 14.3. The minimum Gasteiger partial charge on any atom is -0.454 e. The molecule has 466 valence electrons. The average molecular weight is 1140 g/mol. The Bertz CT molecular complexity index is 1840. The van der Waals surface area contributed by atoms with E-state index in [1.165, 1.54) is 70.6 Å². The lowest BCUT2D eigenvalue weighted by atomic mass is 9.99. The van der Waals surface area contributed by atoms with Crippen molar-refractivity contribution in [3.8, 4) is 0 Å². The quantitative estimate of drug-likeness (QED) is 0.0195. The van der Waals surface area contributed by atoms with E-state index in [-0.39, 0.29) is 19.4 Å². The molecular formula is C71H117NO10. The van der Waals surface area contributed by atoms with Crippen molar-refractivity contribution in [1.82, 2.24) is 5.32 Å². The zero-order chi connectivity index (χ0) is 59.6. The summed E-state index contributed by atoms with van der Waals surface area (Å²) in [4.78, 5) is 26.6. The predicted octanol–water partition coefficient (Wildman–Crippen LogP) is 16.0. The standard InChI is InChI=1S/C71H117NO10/c1-4-7-10-13-16-19-22-25-27-29-30-31-32-33-34-35-36-37-39-41-44-47-50-53-56-59-66(76)82-69-68(78)67(77)65(60-73)81-71(69)80-61-62(63(74)57-54-51-48-45-42-24-21-18-15-12-9-6-3)72-70(79)64(75)58-55-52-49-46-43-40-38-28-26-23-20-17-14-11-8-5-2/h7-8,10-11,16-17,19-20,25-28,30-31,33-34,40,43,49,52,54,57,62-65,67-69,71,73-75,77-78H,4-6,9,12-15,18,21-24,29,32,35-39,41-42,44-48,50-51,53,55-56,58-61H2,1-3H3,(H,72,79)/b10-7-,11-8-,19-16-,20-17-,27-25-,28-26-,31-30-,34-33-,43-40-,52-49-,57-54+. The first kappa shape index (κ1) is 75.8. The minimum atomic E-state index is -1.64. The van der Waals surface area contributed by atoms with E-state index >= 15 is 0 Å². The van der Waals surface area contributed by atoms with Gasteiger partial charge in [-0.3, -0.25) is 9.59 Å². The van der Waals surface area contributed by atoms with Crippen LogP contribution in [0.2, 0.25) is 0 Å². The van der Waals surface area contributed by atoms with Crippen molar-refractivity contribution in [1.29, 1.82) is 0 Å². The van der Waals surface area contributed by atoms with Crippen molar-refractivity contribution in [2.75, 3.05) is 13.2 Å². The third-order valence-electron chi connectivity index (χ3n) is 14.3. The number of carbonyl (C=O) groups excluding carboxylic acids is 2. The Labute approximate surface area is 499 Å². The van der Waals surface area contributed by atoms with E-state index < -0.39 is 67.4 Å². The molecule has 0 saturated carbocycles. The number of allylic oxidation sites excluding steroid dienone is 21. The molecule has 0 bridgehead atoms. The molecule has 0 aromatic carbocycles. The van der Waals surface area contributed by atoms with Gasteiger partial charge in [0.2, 0.25) is 5.91 Å². The summed E-state index contributed by atoms with van der Waals surface area (Å²) in [6.45, 7) is 5.51. The topological polar surface area (TPSA) is 175 Å². The van der Waals surface area contributed by atoms with Gasteiger partial charge < -0.3 is 45.1 Å². The van der Waals surface area contributed by atoms with Gasteiger partial charge >= 0.3 is 5.97 Å². The molecule has 8 unspecified atom stereocenters. The first-order valence-corrected chi connectivity index (χ1v) is 32.5. The van der Waals surface area contributed by atoms with Crippen molar-refractivity contribution in [2.24, 2.45) is 0 Å². The summed E-state index contributed by atoms with van der Waals surface area (Å²) >= 11 is 0. The molecule has 11 heteroatoms. The van der Waals surface area contributed by atoms with Crippen LogP contribution in [0.25, 0.3) is 0 Å². The fourth-order valence-electron chi connectivity index (χ4n) is 9.24. The Balaban J connectivity index is 2.65. The maximum absolute atomic E-state index is 13.4. The molecule has 0 radical (unpaired) electrons. The molecule has 0 aromatic rings. The number of ether oxygens (including phenoxy) is 3. The number of rotatable bonds is 53. The molecule has 1 rings (SSSR count). The van der Waals surface area contributed by atoms with Gasteiger partial charge in [0.15, 0.2) is 12.4 Å². The number of nitrogens with one attached hydrogen (secondary N) is 1. The number of esters is 1. The number of hydrogen-bond donors (Lipinski definition) is 6. The van der Waals surface area contributed by atoms with Gasteiger partial charge in [0.1, 0.15) is 24.4 Å². The molecule has 82 heavy (non-hydrogen) atoms. The van der Waals surface area contributed by atoms with Gasteiger partial charge in [-0.1, -0.05) is 257 Å². The SMILES string of the molecule is CC/C=C\C/C=C\C/C=C\C/C=C\C/C=C\CCCCCCCCCCCC(=O)OC1C(OCC(NC(=O)C(O)CC/C=C\C/C=C\C/C=C\C/C=C\C/C=C\CC)C(O)/C=C/CCCCCCCCCCCC)OC(CO)C(O)C1O. The van der Waals surface area contributed by atoms with E-state index in [0.717, 1.165) is 122 Å². The lowest BCUT2D eigenvalue weighted by Crippen LogP contribution is -2.61. The molecule has 11 nitrogen and oxygen atoms in total. The van der Waals surface area contributed by atoms with Gasteiger partial charge in [0, 0.05) is 6.42 Å². The highest BCUT2D eigenvalue weighted by atomic mass is 16.7. The Morgan fingerprint density at radius 1 is 0.488 bits per heavy atom. The Kier molecular flexibility index (Phi) is 52.9.